The largest absolute Gasteiger partial charge is 0.467 e. The first-order valence-electron chi connectivity index (χ1n) is 9.06. The molecule has 0 unspecified atom stereocenters. The van der Waals surface area contributed by atoms with Crippen LogP contribution in [-0.4, -0.2) is 17.7 Å². The van der Waals surface area contributed by atoms with Crippen molar-refractivity contribution in [3.8, 4) is 5.75 Å². The van der Waals surface area contributed by atoms with E-state index in [9.17, 15) is 0 Å². The van der Waals surface area contributed by atoms with Gasteiger partial charge in [-0.15, -0.1) is 0 Å². The quantitative estimate of drug-likeness (QED) is 0.731. The predicted molar refractivity (Wildman–Crippen MR) is 99.8 cm³/mol. The molecule has 1 saturated carbocycles. The number of benzene rings is 2. The Kier molecular flexibility index (Phi) is 4.98. The van der Waals surface area contributed by atoms with E-state index in [1.54, 1.807) is 0 Å². The number of rotatable bonds is 6. The molecule has 1 aliphatic carbocycles. The summed E-state index contributed by atoms with van der Waals surface area (Å²) >= 11 is 6.32. The van der Waals surface area contributed by atoms with Crippen molar-refractivity contribution < 1.29 is 9.47 Å². The first-order valence-corrected chi connectivity index (χ1v) is 9.44. The lowest BCUT2D eigenvalue weighted by atomic mass is 10.1. The van der Waals surface area contributed by atoms with Crippen LogP contribution in [0, 0.1) is 0 Å². The van der Waals surface area contributed by atoms with Gasteiger partial charge in [0.25, 0.3) is 0 Å². The third-order valence-corrected chi connectivity index (χ3v) is 5.22. The maximum Gasteiger partial charge on any atom is 0.189 e. The number of ether oxygens (including phenoxy) is 2. The van der Waals surface area contributed by atoms with Crippen molar-refractivity contribution in [2.75, 3.05) is 6.79 Å². The van der Waals surface area contributed by atoms with Crippen molar-refractivity contribution in [3.05, 3.63) is 63.7 Å². The van der Waals surface area contributed by atoms with Crippen LogP contribution in [0.15, 0.2) is 36.4 Å². The molecule has 4 heteroatoms. The van der Waals surface area contributed by atoms with Gasteiger partial charge in [0, 0.05) is 35.3 Å². The van der Waals surface area contributed by atoms with E-state index in [0.717, 1.165) is 35.8 Å². The third kappa shape index (κ3) is 4.00. The van der Waals surface area contributed by atoms with Gasteiger partial charge >= 0.3 is 0 Å². The summed E-state index contributed by atoms with van der Waals surface area (Å²) in [7, 11) is 0. The molecule has 0 saturated heterocycles. The zero-order valence-electron chi connectivity index (χ0n) is 14.6. The van der Waals surface area contributed by atoms with E-state index in [-0.39, 0.29) is 0 Å². The smallest absolute Gasteiger partial charge is 0.189 e. The minimum absolute atomic E-state index is 0.323. The highest BCUT2D eigenvalue weighted by atomic mass is 35.5. The minimum Gasteiger partial charge on any atom is -0.467 e. The zero-order valence-corrected chi connectivity index (χ0v) is 15.4. The van der Waals surface area contributed by atoms with E-state index in [0.29, 0.717) is 19.4 Å². The minimum atomic E-state index is 0.323. The van der Waals surface area contributed by atoms with Gasteiger partial charge in [-0.2, -0.15) is 0 Å². The highest BCUT2D eigenvalue weighted by Crippen LogP contribution is 2.36. The molecule has 1 heterocycles. The van der Waals surface area contributed by atoms with Crippen molar-refractivity contribution in [3.63, 3.8) is 0 Å². The first-order chi connectivity index (χ1) is 12.2. The van der Waals surface area contributed by atoms with Gasteiger partial charge in [0.15, 0.2) is 6.79 Å². The zero-order chi connectivity index (χ0) is 17.2. The summed E-state index contributed by atoms with van der Waals surface area (Å²) < 4.78 is 11.2. The van der Waals surface area contributed by atoms with E-state index in [1.165, 1.54) is 29.5 Å². The van der Waals surface area contributed by atoms with E-state index < -0.39 is 0 Å². The molecule has 1 fully saturated rings. The molecule has 132 valence electrons. The van der Waals surface area contributed by atoms with Crippen molar-refractivity contribution in [1.29, 1.82) is 0 Å². The number of hydrogen-bond acceptors (Lipinski definition) is 3. The molecule has 0 bridgehead atoms. The molecule has 0 radical (unpaired) electrons. The summed E-state index contributed by atoms with van der Waals surface area (Å²) in [6.07, 6.45) is 3.64. The van der Waals surface area contributed by atoms with E-state index in [1.807, 2.05) is 12.1 Å². The summed E-state index contributed by atoms with van der Waals surface area (Å²) in [5.74, 6) is 0.961. The second-order valence-electron chi connectivity index (χ2n) is 6.97. The monoisotopic (exact) mass is 357 g/mol. The standard InChI is InChI=1S/C21H24ClNO2/c1-2-15-3-5-16(6-4-15)11-23(20-7-8-20)12-17-9-19(22)10-18-13-24-14-25-21(17)18/h3-6,9-10,20H,2,7-8,11-14H2,1H3. The van der Waals surface area contributed by atoms with Gasteiger partial charge in [-0.05, 0) is 42.5 Å². The third-order valence-electron chi connectivity index (χ3n) is 5.01. The number of halogens is 1. The van der Waals surface area contributed by atoms with Crippen LogP contribution in [0.3, 0.4) is 0 Å². The van der Waals surface area contributed by atoms with Gasteiger partial charge in [0.2, 0.25) is 0 Å². The lowest BCUT2D eigenvalue weighted by Gasteiger charge is -2.26. The van der Waals surface area contributed by atoms with Gasteiger partial charge in [0.1, 0.15) is 5.75 Å². The van der Waals surface area contributed by atoms with E-state index >= 15 is 0 Å². The first kappa shape index (κ1) is 16.9. The summed E-state index contributed by atoms with van der Waals surface area (Å²) in [4.78, 5) is 2.55. The van der Waals surface area contributed by atoms with Crippen LogP contribution >= 0.6 is 11.6 Å². The molecule has 2 aromatic carbocycles. The maximum atomic E-state index is 6.32. The maximum absolute atomic E-state index is 6.32. The highest BCUT2D eigenvalue weighted by molar-refractivity contribution is 6.30. The van der Waals surface area contributed by atoms with Crippen molar-refractivity contribution in [2.45, 2.75) is 51.9 Å². The SMILES string of the molecule is CCc1ccc(CN(Cc2cc(Cl)cc3c2OCOC3)C2CC2)cc1. The molecule has 0 spiro atoms. The van der Waals surface area contributed by atoms with Crippen LogP contribution in [0.4, 0.5) is 0 Å². The average molecular weight is 358 g/mol. The molecule has 0 atom stereocenters. The molecule has 1 aliphatic heterocycles. The summed E-state index contributed by atoms with van der Waals surface area (Å²) in [5, 5.41) is 0.755. The van der Waals surface area contributed by atoms with Gasteiger partial charge < -0.3 is 9.47 Å². The van der Waals surface area contributed by atoms with Crippen LogP contribution < -0.4 is 4.74 Å². The van der Waals surface area contributed by atoms with Crippen LogP contribution in [0.5, 0.6) is 5.75 Å². The summed E-state index contributed by atoms with van der Waals surface area (Å²) in [6.45, 7) is 4.92. The highest BCUT2D eigenvalue weighted by Gasteiger charge is 2.30. The number of fused-ring (bicyclic) bond motifs is 1. The topological polar surface area (TPSA) is 21.7 Å². The normalized spacial score (nSPS) is 16.6. The molecule has 2 aliphatic rings. The lowest BCUT2D eigenvalue weighted by Crippen LogP contribution is -2.26. The fourth-order valence-corrected chi connectivity index (χ4v) is 3.73. The Hall–Kier alpha value is -1.55. The van der Waals surface area contributed by atoms with Gasteiger partial charge in [-0.25, -0.2) is 0 Å². The van der Waals surface area contributed by atoms with Gasteiger partial charge in [-0.1, -0.05) is 42.8 Å². The summed E-state index contributed by atoms with van der Waals surface area (Å²) in [5.41, 5.74) is 4.97. The second-order valence-corrected chi connectivity index (χ2v) is 7.41. The number of hydrogen-bond donors (Lipinski definition) is 0. The van der Waals surface area contributed by atoms with Gasteiger partial charge in [0.05, 0.1) is 6.61 Å². The fourth-order valence-electron chi connectivity index (χ4n) is 3.46. The Morgan fingerprint density at radius 2 is 1.84 bits per heavy atom. The Labute approximate surface area is 154 Å². The molecular weight excluding hydrogens is 334 g/mol. The van der Waals surface area contributed by atoms with E-state index in [2.05, 4.69) is 36.1 Å². The Balaban J connectivity index is 1.55. The van der Waals surface area contributed by atoms with E-state index in [4.69, 9.17) is 21.1 Å². The molecule has 3 nitrogen and oxygen atoms in total. The summed E-state index contributed by atoms with van der Waals surface area (Å²) in [6, 6.07) is 13.6. The predicted octanol–water partition coefficient (Wildman–Crippen LogP) is 4.93. The van der Waals surface area contributed by atoms with Crippen LogP contribution in [-0.2, 0) is 30.9 Å². The molecule has 0 amide bonds. The lowest BCUT2D eigenvalue weighted by molar-refractivity contribution is -0.0175. The number of nitrogens with zero attached hydrogens (tertiary/aromatic N) is 1. The van der Waals surface area contributed by atoms with Crippen molar-refractivity contribution in [2.24, 2.45) is 0 Å². The Bertz CT molecular complexity index is 740. The van der Waals surface area contributed by atoms with Crippen LogP contribution in [0.2, 0.25) is 5.02 Å². The average Bonchev–Trinajstić information content (AvgIpc) is 3.47. The van der Waals surface area contributed by atoms with Crippen molar-refractivity contribution in [1.82, 2.24) is 4.90 Å². The molecule has 0 N–H and O–H groups in total. The Morgan fingerprint density at radius 3 is 2.56 bits per heavy atom. The molecule has 4 rings (SSSR count). The Morgan fingerprint density at radius 1 is 1.08 bits per heavy atom. The molecule has 0 aromatic heterocycles. The molecule has 25 heavy (non-hydrogen) atoms. The van der Waals surface area contributed by atoms with Crippen molar-refractivity contribution >= 4 is 11.6 Å². The number of aryl methyl sites for hydroxylation is 1. The molecule has 2 aromatic rings. The van der Waals surface area contributed by atoms with Crippen LogP contribution in [0.1, 0.15) is 42.0 Å². The fraction of sp³-hybridized carbons (Fsp3) is 0.429. The molecular formula is C21H24ClNO2. The van der Waals surface area contributed by atoms with Crippen LogP contribution in [0.25, 0.3) is 0 Å². The second kappa shape index (κ2) is 7.36. The van der Waals surface area contributed by atoms with Gasteiger partial charge in [-0.3, -0.25) is 4.90 Å².